The molecule has 0 saturated heterocycles. The molecular weight excluding hydrogens is 164 g/mol. The molecule has 0 bridgehead atoms. The van der Waals surface area contributed by atoms with E-state index in [0.29, 0.717) is 0 Å². The van der Waals surface area contributed by atoms with E-state index in [-0.39, 0.29) is 0 Å². The van der Waals surface area contributed by atoms with Crippen LogP contribution >= 0.6 is 0 Å². The zero-order valence-electron chi connectivity index (χ0n) is 6.88. The van der Waals surface area contributed by atoms with Gasteiger partial charge in [-0.3, -0.25) is 0 Å². The summed E-state index contributed by atoms with van der Waals surface area (Å²) in [6, 6.07) is 9.60. The number of fused-ring (bicyclic) bond motifs is 3. The Morgan fingerprint density at radius 1 is 1.23 bits per heavy atom. The van der Waals surface area contributed by atoms with Crippen molar-refractivity contribution in [2.24, 2.45) is 0 Å². The third-order valence-electron chi connectivity index (χ3n) is 2.41. The normalized spacial score (nSPS) is 18.4. The number of aliphatic hydroxyl groups is 1. The molecule has 1 aliphatic heterocycles. The smallest absolute Gasteiger partial charge is 0.123 e. The Balaban J connectivity index is 2.37. The van der Waals surface area contributed by atoms with Crippen LogP contribution in [-0.2, 0) is 0 Å². The fourth-order valence-corrected chi connectivity index (χ4v) is 1.79. The lowest BCUT2D eigenvalue weighted by molar-refractivity contribution is 0.221. The summed E-state index contributed by atoms with van der Waals surface area (Å²) in [7, 11) is 0. The van der Waals surface area contributed by atoms with Crippen molar-refractivity contribution in [3.8, 4) is 5.69 Å². The fourth-order valence-electron chi connectivity index (χ4n) is 1.79. The third-order valence-corrected chi connectivity index (χ3v) is 2.41. The predicted octanol–water partition coefficient (Wildman–Crippen LogP) is 1.27. The minimum Gasteiger partial charge on any atom is -0.382 e. The fraction of sp³-hybridized carbons (Fsp3) is 0.100. The summed E-state index contributed by atoms with van der Waals surface area (Å²) in [6.07, 6.45) is 1.19. The molecule has 3 heteroatoms. The van der Waals surface area contributed by atoms with Gasteiger partial charge in [-0.1, -0.05) is 18.2 Å². The molecule has 3 nitrogen and oxygen atoms in total. The van der Waals surface area contributed by atoms with E-state index < -0.39 is 6.10 Å². The van der Waals surface area contributed by atoms with Crippen LogP contribution in [0.5, 0.6) is 0 Å². The van der Waals surface area contributed by atoms with E-state index in [0.717, 1.165) is 16.9 Å². The summed E-state index contributed by atoms with van der Waals surface area (Å²) in [6.45, 7) is 0. The second kappa shape index (κ2) is 2.20. The Morgan fingerprint density at radius 2 is 2.08 bits per heavy atom. The third kappa shape index (κ3) is 0.742. The topological polar surface area (TPSA) is 38.0 Å². The number of aromatic nitrogens is 2. The number of aliphatic hydroxyl groups excluding tert-OH is 1. The Labute approximate surface area is 75.2 Å². The van der Waals surface area contributed by atoms with Gasteiger partial charge in [-0.25, -0.2) is 4.68 Å². The monoisotopic (exact) mass is 172 g/mol. The lowest BCUT2D eigenvalue weighted by Gasteiger charge is -2.00. The van der Waals surface area contributed by atoms with Crippen LogP contribution in [0.25, 0.3) is 5.69 Å². The van der Waals surface area contributed by atoms with E-state index in [1.807, 2.05) is 30.3 Å². The zero-order chi connectivity index (χ0) is 8.84. The molecule has 64 valence electrons. The molecule has 2 heterocycles. The molecule has 0 radical (unpaired) electrons. The maximum absolute atomic E-state index is 9.86. The minimum absolute atomic E-state index is 0.515. The number of nitrogens with zero attached hydrogens (tertiary/aromatic N) is 2. The van der Waals surface area contributed by atoms with Crippen molar-refractivity contribution in [3.63, 3.8) is 0 Å². The van der Waals surface area contributed by atoms with Gasteiger partial charge in [0.05, 0.1) is 11.4 Å². The van der Waals surface area contributed by atoms with E-state index in [1.165, 1.54) is 0 Å². The summed E-state index contributed by atoms with van der Waals surface area (Å²) < 4.78 is 1.78. The zero-order valence-corrected chi connectivity index (χ0v) is 6.88. The van der Waals surface area contributed by atoms with Gasteiger partial charge >= 0.3 is 0 Å². The molecule has 3 rings (SSSR count). The van der Waals surface area contributed by atoms with Crippen LogP contribution in [0.1, 0.15) is 17.4 Å². The van der Waals surface area contributed by atoms with E-state index in [1.54, 1.807) is 10.9 Å². The highest BCUT2D eigenvalue weighted by Gasteiger charge is 2.26. The summed E-state index contributed by atoms with van der Waals surface area (Å²) >= 11 is 0. The molecule has 0 amide bonds. The Hall–Kier alpha value is -1.61. The predicted molar refractivity (Wildman–Crippen MR) is 47.6 cm³/mol. The quantitative estimate of drug-likeness (QED) is 0.649. The number of para-hydroxylation sites is 1. The molecular formula is C10H8N2O. The Bertz CT molecular complexity index is 461. The molecule has 1 unspecified atom stereocenters. The molecule has 0 saturated carbocycles. The molecule has 0 spiro atoms. The summed E-state index contributed by atoms with van der Waals surface area (Å²) in [5.41, 5.74) is 2.77. The SMILES string of the molecule is OC1c2ccccc2-n2nccc21. The number of rotatable bonds is 0. The first kappa shape index (κ1) is 6.86. The van der Waals surface area contributed by atoms with Crippen molar-refractivity contribution < 1.29 is 5.11 Å². The van der Waals surface area contributed by atoms with Crippen molar-refractivity contribution in [2.75, 3.05) is 0 Å². The van der Waals surface area contributed by atoms with Gasteiger partial charge in [0.2, 0.25) is 0 Å². The highest BCUT2D eigenvalue weighted by Crippen LogP contribution is 2.34. The Kier molecular flexibility index (Phi) is 1.16. The average Bonchev–Trinajstić information content (AvgIpc) is 2.72. The number of hydrogen-bond acceptors (Lipinski definition) is 2. The summed E-state index contributed by atoms with van der Waals surface area (Å²) in [5, 5.41) is 14.0. The maximum Gasteiger partial charge on any atom is 0.123 e. The van der Waals surface area contributed by atoms with Gasteiger partial charge in [0, 0.05) is 11.8 Å². The highest BCUT2D eigenvalue weighted by atomic mass is 16.3. The molecule has 0 fully saturated rings. The van der Waals surface area contributed by atoms with Gasteiger partial charge < -0.3 is 5.11 Å². The number of benzene rings is 1. The lowest BCUT2D eigenvalue weighted by Crippen LogP contribution is -1.94. The van der Waals surface area contributed by atoms with E-state index in [2.05, 4.69) is 5.10 Å². The van der Waals surface area contributed by atoms with Crippen LogP contribution in [0, 0.1) is 0 Å². The van der Waals surface area contributed by atoms with Crippen LogP contribution < -0.4 is 0 Å². The number of hydrogen-bond donors (Lipinski definition) is 1. The van der Waals surface area contributed by atoms with Gasteiger partial charge in [0.25, 0.3) is 0 Å². The summed E-state index contributed by atoms with van der Waals surface area (Å²) in [4.78, 5) is 0. The van der Waals surface area contributed by atoms with Crippen molar-refractivity contribution in [3.05, 3.63) is 47.8 Å². The highest BCUT2D eigenvalue weighted by molar-refractivity contribution is 5.50. The van der Waals surface area contributed by atoms with Crippen LogP contribution in [0.4, 0.5) is 0 Å². The van der Waals surface area contributed by atoms with Crippen molar-refractivity contribution in [1.82, 2.24) is 9.78 Å². The van der Waals surface area contributed by atoms with E-state index >= 15 is 0 Å². The van der Waals surface area contributed by atoms with E-state index in [9.17, 15) is 5.11 Å². The molecule has 0 aliphatic carbocycles. The Morgan fingerprint density at radius 3 is 3.00 bits per heavy atom. The molecule has 1 atom stereocenters. The van der Waals surface area contributed by atoms with E-state index in [4.69, 9.17) is 0 Å². The van der Waals surface area contributed by atoms with Crippen LogP contribution in [0.15, 0.2) is 36.5 Å². The minimum atomic E-state index is -0.515. The molecule has 1 N–H and O–H groups in total. The van der Waals surface area contributed by atoms with Crippen molar-refractivity contribution in [1.29, 1.82) is 0 Å². The van der Waals surface area contributed by atoms with Crippen molar-refractivity contribution >= 4 is 0 Å². The molecule has 2 aromatic rings. The molecule has 1 aromatic heterocycles. The summed E-state index contributed by atoms with van der Waals surface area (Å²) in [5.74, 6) is 0. The average molecular weight is 172 g/mol. The van der Waals surface area contributed by atoms with Gasteiger partial charge in [-0.2, -0.15) is 5.10 Å². The van der Waals surface area contributed by atoms with Crippen LogP contribution in [0.3, 0.4) is 0 Å². The van der Waals surface area contributed by atoms with Gasteiger partial charge in [0.1, 0.15) is 6.10 Å². The second-order valence-electron chi connectivity index (χ2n) is 3.13. The van der Waals surface area contributed by atoms with Gasteiger partial charge in [-0.15, -0.1) is 0 Å². The molecule has 1 aliphatic rings. The van der Waals surface area contributed by atoms with Gasteiger partial charge in [0.15, 0.2) is 0 Å². The molecule has 13 heavy (non-hydrogen) atoms. The first-order valence-electron chi connectivity index (χ1n) is 4.19. The van der Waals surface area contributed by atoms with Gasteiger partial charge in [-0.05, 0) is 12.1 Å². The van der Waals surface area contributed by atoms with Crippen LogP contribution in [-0.4, -0.2) is 14.9 Å². The first-order valence-corrected chi connectivity index (χ1v) is 4.19. The largest absolute Gasteiger partial charge is 0.382 e. The molecule has 1 aromatic carbocycles. The van der Waals surface area contributed by atoms with Crippen LogP contribution in [0.2, 0.25) is 0 Å². The lowest BCUT2D eigenvalue weighted by atomic mass is 10.1. The second-order valence-corrected chi connectivity index (χ2v) is 3.13. The standard InChI is InChI=1S/C10H8N2O/c13-10-7-3-1-2-4-8(7)12-9(10)5-6-11-12/h1-6,10,13H. The maximum atomic E-state index is 9.86. The first-order chi connectivity index (χ1) is 6.38. The van der Waals surface area contributed by atoms with Crippen molar-refractivity contribution in [2.45, 2.75) is 6.10 Å².